The summed E-state index contributed by atoms with van der Waals surface area (Å²) in [6.45, 7) is 2.95. The number of hydrogen-bond donors (Lipinski definition) is 1. The summed E-state index contributed by atoms with van der Waals surface area (Å²) in [5, 5.41) is 8.97. The molecule has 112 valence electrons. The average molecular weight is 289 g/mol. The highest BCUT2D eigenvalue weighted by Gasteiger charge is 2.18. The molecule has 1 N–H and O–H groups in total. The van der Waals surface area contributed by atoms with Gasteiger partial charge in [-0.2, -0.15) is 0 Å². The van der Waals surface area contributed by atoms with Gasteiger partial charge in [0.05, 0.1) is 12.7 Å². The van der Waals surface area contributed by atoms with Crippen molar-refractivity contribution >= 4 is 17.6 Å². The Labute approximate surface area is 123 Å². The summed E-state index contributed by atoms with van der Waals surface area (Å²) in [5.74, 6) is -0.342. The lowest BCUT2D eigenvalue weighted by Crippen LogP contribution is -2.33. The molecule has 1 heterocycles. The number of benzene rings is 1. The van der Waals surface area contributed by atoms with Crippen LogP contribution in [-0.2, 0) is 11.2 Å². The molecule has 0 radical (unpaired) electrons. The summed E-state index contributed by atoms with van der Waals surface area (Å²) in [6, 6.07) is 5.53. The van der Waals surface area contributed by atoms with Crippen LogP contribution < -0.4 is 0 Å². The first-order chi connectivity index (χ1) is 10.1. The van der Waals surface area contributed by atoms with E-state index in [4.69, 9.17) is 9.84 Å². The monoisotopic (exact) mass is 289 g/mol. The quantitative estimate of drug-likeness (QED) is 0.869. The first-order valence-electron chi connectivity index (χ1n) is 6.95. The molecule has 0 spiro atoms. The number of ether oxygens (including phenoxy) is 1. The molecule has 5 nitrogen and oxygen atoms in total. The molecule has 1 aliphatic rings. The van der Waals surface area contributed by atoms with Crippen molar-refractivity contribution in [1.82, 2.24) is 4.90 Å². The number of nitrogens with zero attached hydrogens (tertiary/aromatic N) is 1. The van der Waals surface area contributed by atoms with Crippen LogP contribution in [0.15, 0.2) is 24.3 Å². The first kappa shape index (κ1) is 15.1. The molecule has 1 amide bonds. The van der Waals surface area contributed by atoms with Crippen LogP contribution in [0.2, 0.25) is 0 Å². The summed E-state index contributed by atoms with van der Waals surface area (Å²) >= 11 is 0. The van der Waals surface area contributed by atoms with Crippen molar-refractivity contribution in [3.63, 3.8) is 0 Å². The van der Waals surface area contributed by atoms with Gasteiger partial charge in [-0.3, -0.25) is 0 Å². The van der Waals surface area contributed by atoms with Crippen LogP contribution in [0.3, 0.4) is 0 Å². The molecule has 0 aromatic heterocycles. The number of hydrogen-bond acceptors (Lipinski definition) is 3. The second-order valence-electron chi connectivity index (χ2n) is 4.93. The molecule has 0 unspecified atom stereocenters. The highest BCUT2D eigenvalue weighted by molar-refractivity contribution is 5.90. The van der Waals surface area contributed by atoms with Crippen LogP contribution in [0.5, 0.6) is 0 Å². The number of methoxy groups -OCH3 is 1. The third kappa shape index (κ3) is 3.24. The Hall–Kier alpha value is -2.30. The van der Waals surface area contributed by atoms with Gasteiger partial charge in [0.15, 0.2) is 0 Å². The fraction of sp³-hybridized carbons (Fsp3) is 0.375. The van der Waals surface area contributed by atoms with Gasteiger partial charge in [0.1, 0.15) is 0 Å². The van der Waals surface area contributed by atoms with Gasteiger partial charge in [-0.25, -0.2) is 9.59 Å². The lowest BCUT2D eigenvalue weighted by molar-refractivity contribution is 0.0600. The standard InChI is InChI=1S/C16H19NO4/c1-3-11-10-13(15(18)21-2)4-5-14(11)12-6-8-17(9-7-12)16(19)20/h4-6,10H,3,7-9H2,1-2H3,(H,19,20). The molecule has 0 bridgehead atoms. The van der Waals surface area contributed by atoms with Crippen LogP contribution in [0.25, 0.3) is 5.57 Å². The largest absolute Gasteiger partial charge is 0.465 e. The van der Waals surface area contributed by atoms with Crippen LogP contribution >= 0.6 is 0 Å². The van der Waals surface area contributed by atoms with Crippen LogP contribution in [-0.4, -0.2) is 42.3 Å². The lowest BCUT2D eigenvalue weighted by atomic mass is 9.92. The molecule has 1 aliphatic heterocycles. The third-order valence-corrected chi connectivity index (χ3v) is 3.73. The highest BCUT2D eigenvalue weighted by Crippen LogP contribution is 2.27. The SMILES string of the molecule is CCc1cc(C(=O)OC)ccc1C1=CCN(C(=O)O)CC1. The molecule has 1 aromatic rings. The Morgan fingerprint density at radius 3 is 2.67 bits per heavy atom. The summed E-state index contributed by atoms with van der Waals surface area (Å²) in [4.78, 5) is 23.9. The number of carbonyl (C=O) groups excluding carboxylic acids is 1. The Bertz CT molecular complexity index is 592. The fourth-order valence-corrected chi connectivity index (χ4v) is 2.53. The molecule has 0 aliphatic carbocycles. The van der Waals surface area contributed by atoms with Gasteiger partial charge in [-0.1, -0.05) is 19.1 Å². The second-order valence-corrected chi connectivity index (χ2v) is 4.93. The van der Waals surface area contributed by atoms with Gasteiger partial charge >= 0.3 is 12.1 Å². The van der Waals surface area contributed by atoms with Crippen molar-refractivity contribution in [2.75, 3.05) is 20.2 Å². The lowest BCUT2D eigenvalue weighted by Gasteiger charge is -2.25. The van der Waals surface area contributed by atoms with Crippen molar-refractivity contribution in [1.29, 1.82) is 0 Å². The summed E-state index contributed by atoms with van der Waals surface area (Å²) in [7, 11) is 1.37. The topological polar surface area (TPSA) is 66.8 Å². The normalized spacial score (nSPS) is 14.6. The molecule has 2 rings (SSSR count). The number of rotatable bonds is 3. The molecule has 1 aromatic carbocycles. The number of carbonyl (C=O) groups is 2. The summed E-state index contributed by atoms with van der Waals surface area (Å²) in [6.07, 6.45) is 2.56. The zero-order valence-corrected chi connectivity index (χ0v) is 12.3. The van der Waals surface area contributed by atoms with E-state index >= 15 is 0 Å². The second kappa shape index (κ2) is 6.43. The van der Waals surface area contributed by atoms with Gasteiger partial charge in [-0.05, 0) is 41.7 Å². The van der Waals surface area contributed by atoms with Crippen molar-refractivity contribution in [3.05, 3.63) is 41.0 Å². The molecule has 0 fully saturated rings. The number of aryl methyl sites for hydroxylation is 1. The maximum atomic E-state index is 11.6. The molecule has 0 saturated carbocycles. The van der Waals surface area contributed by atoms with Crippen LogP contribution in [0, 0.1) is 0 Å². The van der Waals surface area contributed by atoms with E-state index in [1.54, 1.807) is 6.07 Å². The smallest absolute Gasteiger partial charge is 0.407 e. The Balaban J connectivity index is 2.28. The number of carboxylic acid groups (broad SMARTS) is 1. The minimum atomic E-state index is -0.887. The van der Waals surface area contributed by atoms with Gasteiger partial charge in [0, 0.05) is 13.1 Å². The van der Waals surface area contributed by atoms with Gasteiger partial charge < -0.3 is 14.7 Å². The van der Waals surface area contributed by atoms with Crippen LogP contribution in [0.1, 0.15) is 34.8 Å². The van der Waals surface area contributed by atoms with E-state index in [9.17, 15) is 9.59 Å². The van der Waals surface area contributed by atoms with E-state index in [0.717, 1.165) is 23.1 Å². The average Bonchev–Trinajstić information content (AvgIpc) is 2.53. The van der Waals surface area contributed by atoms with E-state index in [0.29, 0.717) is 25.1 Å². The zero-order chi connectivity index (χ0) is 15.4. The van der Waals surface area contributed by atoms with E-state index < -0.39 is 6.09 Å². The van der Waals surface area contributed by atoms with Gasteiger partial charge in [0.25, 0.3) is 0 Å². The first-order valence-corrected chi connectivity index (χ1v) is 6.95. The minimum absolute atomic E-state index is 0.342. The van der Waals surface area contributed by atoms with E-state index in [1.807, 2.05) is 25.1 Å². The van der Waals surface area contributed by atoms with Crippen molar-refractivity contribution in [2.45, 2.75) is 19.8 Å². The van der Waals surface area contributed by atoms with Gasteiger partial charge in [0.2, 0.25) is 0 Å². The Morgan fingerprint density at radius 1 is 1.38 bits per heavy atom. The zero-order valence-electron chi connectivity index (χ0n) is 12.3. The van der Waals surface area contributed by atoms with Crippen molar-refractivity contribution in [3.8, 4) is 0 Å². The molecule has 5 heteroatoms. The van der Waals surface area contributed by atoms with E-state index in [1.165, 1.54) is 12.0 Å². The van der Waals surface area contributed by atoms with Crippen molar-refractivity contribution in [2.24, 2.45) is 0 Å². The summed E-state index contributed by atoms with van der Waals surface area (Å²) < 4.78 is 4.74. The van der Waals surface area contributed by atoms with Crippen molar-refractivity contribution < 1.29 is 19.4 Å². The van der Waals surface area contributed by atoms with E-state index in [2.05, 4.69) is 0 Å². The van der Waals surface area contributed by atoms with Gasteiger partial charge in [-0.15, -0.1) is 0 Å². The molecular formula is C16H19NO4. The highest BCUT2D eigenvalue weighted by atomic mass is 16.5. The predicted molar refractivity (Wildman–Crippen MR) is 79.4 cm³/mol. The minimum Gasteiger partial charge on any atom is -0.465 e. The number of amides is 1. The Morgan fingerprint density at radius 2 is 2.14 bits per heavy atom. The number of esters is 1. The van der Waals surface area contributed by atoms with E-state index in [-0.39, 0.29) is 5.97 Å². The molecule has 0 saturated heterocycles. The molecule has 0 atom stereocenters. The summed E-state index contributed by atoms with van der Waals surface area (Å²) in [5.41, 5.74) is 3.85. The van der Waals surface area contributed by atoms with Crippen LogP contribution in [0.4, 0.5) is 4.79 Å². The fourth-order valence-electron chi connectivity index (χ4n) is 2.53. The maximum absolute atomic E-state index is 11.6. The Kier molecular flexibility index (Phi) is 4.62. The molecular weight excluding hydrogens is 270 g/mol. The predicted octanol–water partition coefficient (Wildman–Crippen LogP) is 2.80. The maximum Gasteiger partial charge on any atom is 0.407 e. The molecule has 21 heavy (non-hydrogen) atoms. The third-order valence-electron chi connectivity index (χ3n) is 3.73.